The Hall–Kier alpha value is -3.76. The number of hydrogen-bond donors (Lipinski definition) is 1. The summed E-state index contributed by atoms with van der Waals surface area (Å²) in [6.45, 7) is 0.739. The van der Waals surface area contributed by atoms with Crippen LogP contribution in [0.15, 0.2) is 35.6 Å². The molecule has 1 N–H and O–H groups in total. The summed E-state index contributed by atoms with van der Waals surface area (Å²) in [5.41, 5.74) is 0.602. The minimum absolute atomic E-state index is 0.0234. The third-order valence-corrected chi connectivity index (χ3v) is 4.50. The Kier molecular flexibility index (Phi) is 3.83. The third-order valence-electron chi connectivity index (χ3n) is 4.50. The molecule has 1 aliphatic heterocycles. The molecular weight excluding hydrogens is 354 g/mol. The van der Waals surface area contributed by atoms with E-state index in [1.165, 1.54) is 18.5 Å². The fourth-order valence-corrected chi connectivity index (χ4v) is 3.19. The number of nitro benzene ring substituents is 1. The molecule has 0 radical (unpaired) electrons. The van der Waals surface area contributed by atoms with Crippen molar-refractivity contribution in [3.8, 4) is 0 Å². The Labute approximate surface area is 152 Å². The van der Waals surface area contributed by atoms with Crippen molar-refractivity contribution in [2.24, 2.45) is 7.05 Å². The number of anilines is 2. The van der Waals surface area contributed by atoms with Crippen LogP contribution in [0, 0.1) is 10.1 Å². The van der Waals surface area contributed by atoms with Gasteiger partial charge in [0.1, 0.15) is 5.69 Å². The van der Waals surface area contributed by atoms with E-state index in [0.29, 0.717) is 24.3 Å². The van der Waals surface area contributed by atoms with Gasteiger partial charge in [-0.15, -0.1) is 0 Å². The molecular formula is C16H15N7O4. The van der Waals surface area contributed by atoms with Gasteiger partial charge in [0.05, 0.1) is 40.6 Å². The molecule has 0 spiro atoms. The van der Waals surface area contributed by atoms with E-state index in [4.69, 9.17) is 0 Å². The summed E-state index contributed by atoms with van der Waals surface area (Å²) >= 11 is 0. The number of carbonyl (C=O) groups is 1. The molecule has 1 aliphatic rings. The lowest BCUT2D eigenvalue weighted by Crippen LogP contribution is -2.50. The lowest BCUT2D eigenvalue weighted by Gasteiger charge is -2.34. The van der Waals surface area contributed by atoms with Crippen molar-refractivity contribution in [2.45, 2.75) is 0 Å². The number of amides is 1. The fraction of sp³-hybridized carbons (Fsp3) is 0.250. The van der Waals surface area contributed by atoms with Crippen LogP contribution >= 0.6 is 0 Å². The molecule has 1 amide bonds. The van der Waals surface area contributed by atoms with E-state index in [-0.39, 0.29) is 29.2 Å². The van der Waals surface area contributed by atoms with Crippen LogP contribution in [0.3, 0.4) is 0 Å². The number of aromatic nitrogens is 4. The SMILES string of the molecule is Cn1cc(N2CCN(c3cc4nc[nH]c(=O)c4cc3[N+](=O)[O-])CC2=O)cn1. The number of nitro groups is 1. The van der Waals surface area contributed by atoms with Crippen LogP contribution in [0.1, 0.15) is 0 Å². The van der Waals surface area contributed by atoms with Crippen molar-refractivity contribution >= 4 is 33.9 Å². The normalized spacial score (nSPS) is 14.8. The highest BCUT2D eigenvalue weighted by Gasteiger charge is 2.30. The number of rotatable bonds is 3. The number of nitrogens with one attached hydrogen (secondary N) is 1. The number of piperazine rings is 1. The Balaban J connectivity index is 1.70. The molecule has 3 heterocycles. The van der Waals surface area contributed by atoms with Gasteiger partial charge in [-0.25, -0.2) is 4.98 Å². The first-order chi connectivity index (χ1) is 12.9. The zero-order chi connectivity index (χ0) is 19.1. The standard InChI is InChI=1S/C16H15N7O4/c1-20-7-10(6-19-20)22-3-2-21(8-15(22)24)13-5-12-11(4-14(13)23(26)27)16(25)18-9-17-12/h4-7,9H,2-3,8H2,1H3,(H,17,18,25). The van der Waals surface area contributed by atoms with E-state index in [1.807, 2.05) is 0 Å². The second-order valence-corrected chi connectivity index (χ2v) is 6.19. The van der Waals surface area contributed by atoms with Gasteiger partial charge < -0.3 is 14.8 Å². The fourth-order valence-electron chi connectivity index (χ4n) is 3.19. The van der Waals surface area contributed by atoms with E-state index in [1.54, 1.807) is 33.9 Å². The first kappa shape index (κ1) is 16.7. The van der Waals surface area contributed by atoms with E-state index < -0.39 is 10.5 Å². The molecule has 11 heteroatoms. The number of H-pyrrole nitrogens is 1. The highest BCUT2D eigenvalue weighted by Crippen LogP contribution is 2.32. The lowest BCUT2D eigenvalue weighted by molar-refractivity contribution is -0.384. The second-order valence-electron chi connectivity index (χ2n) is 6.19. The Bertz CT molecular complexity index is 1120. The smallest absolute Gasteiger partial charge is 0.293 e. The lowest BCUT2D eigenvalue weighted by atomic mass is 10.1. The molecule has 2 aromatic heterocycles. The number of nitrogens with zero attached hydrogens (tertiary/aromatic N) is 6. The summed E-state index contributed by atoms with van der Waals surface area (Å²) in [6.07, 6.45) is 4.58. The largest absolute Gasteiger partial charge is 0.355 e. The number of aromatic amines is 1. The summed E-state index contributed by atoms with van der Waals surface area (Å²) < 4.78 is 1.60. The average Bonchev–Trinajstić information content (AvgIpc) is 3.07. The van der Waals surface area contributed by atoms with E-state index in [9.17, 15) is 19.7 Å². The van der Waals surface area contributed by atoms with Crippen LogP contribution in [-0.4, -0.2) is 50.2 Å². The number of aryl methyl sites for hydroxylation is 1. The number of fused-ring (bicyclic) bond motifs is 1. The summed E-state index contributed by atoms with van der Waals surface area (Å²) in [5, 5.41) is 15.7. The number of hydrogen-bond acceptors (Lipinski definition) is 7. The number of carbonyl (C=O) groups excluding carboxylic acids is 1. The maximum Gasteiger partial charge on any atom is 0.293 e. The molecule has 0 unspecified atom stereocenters. The van der Waals surface area contributed by atoms with E-state index in [2.05, 4.69) is 15.1 Å². The maximum atomic E-state index is 12.6. The predicted molar refractivity (Wildman–Crippen MR) is 96.8 cm³/mol. The quantitative estimate of drug-likeness (QED) is 0.523. The van der Waals surface area contributed by atoms with Crippen molar-refractivity contribution in [1.82, 2.24) is 19.7 Å². The summed E-state index contributed by atoms with van der Waals surface area (Å²) in [4.78, 5) is 45.2. The zero-order valence-corrected chi connectivity index (χ0v) is 14.3. The first-order valence-corrected chi connectivity index (χ1v) is 8.14. The van der Waals surface area contributed by atoms with Gasteiger partial charge in [-0.2, -0.15) is 5.10 Å². The Morgan fingerprint density at radius 2 is 2.07 bits per heavy atom. The molecule has 27 heavy (non-hydrogen) atoms. The molecule has 1 saturated heterocycles. The van der Waals surface area contributed by atoms with Crippen LogP contribution in [0.2, 0.25) is 0 Å². The minimum atomic E-state index is -0.556. The van der Waals surface area contributed by atoms with Gasteiger partial charge in [-0.05, 0) is 6.07 Å². The van der Waals surface area contributed by atoms with Gasteiger partial charge in [0.15, 0.2) is 0 Å². The molecule has 0 saturated carbocycles. The van der Waals surface area contributed by atoms with Gasteiger partial charge in [0, 0.05) is 32.4 Å². The number of benzene rings is 1. The van der Waals surface area contributed by atoms with Gasteiger partial charge >= 0.3 is 0 Å². The Morgan fingerprint density at radius 3 is 2.74 bits per heavy atom. The van der Waals surface area contributed by atoms with Crippen molar-refractivity contribution < 1.29 is 9.72 Å². The minimum Gasteiger partial charge on any atom is -0.355 e. The highest BCUT2D eigenvalue weighted by molar-refractivity contribution is 5.98. The van der Waals surface area contributed by atoms with Crippen LogP contribution < -0.4 is 15.4 Å². The van der Waals surface area contributed by atoms with Gasteiger partial charge in [-0.1, -0.05) is 0 Å². The van der Waals surface area contributed by atoms with Gasteiger partial charge in [0.2, 0.25) is 5.91 Å². The molecule has 3 aromatic rings. The molecule has 4 rings (SSSR count). The van der Waals surface area contributed by atoms with E-state index >= 15 is 0 Å². The van der Waals surface area contributed by atoms with Crippen molar-refractivity contribution in [1.29, 1.82) is 0 Å². The molecule has 0 bridgehead atoms. The molecule has 1 aromatic carbocycles. The van der Waals surface area contributed by atoms with Crippen molar-refractivity contribution in [3.05, 3.63) is 51.3 Å². The third kappa shape index (κ3) is 2.88. The van der Waals surface area contributed by atoms with E-state index in [0.717, 1.165) is 0 Å². The van der Waals surface area contributed by atoms with Gasteiger partial charge in [0.25, 0.3) is 11.2 Å². The maximum absolute atomic E-state index is 12.6. The topological polar surface area (TPSA) is 130 Å². The van der Waals surface area contributed by atoms with Crippen molar-refractivity contribution in [3.63, 3.8) is 0 Å². The zero-order valence-electron chi connectivity index (χ0n) is 14.3. The molecule has 138 valence electrons. The molecule has 0 aliphatic carbocycles. The van der Waals surface area contributed by atoms with Crippen LogP contribution in [0.5, 0.6) is 0 Å². The molecule has 11 nitrogen and oxygen atoms in total. The monoisotopic (exact) mass is 369 g/mol. The summed E-state index contributed by atoms with van der Waals surface area (Å²) in [7, 11) is 1.76. The first-order valence-electron chi connectivity index (χ1n) is 8.14. The van der Waals surface area contributed by atoms with Gasteiger partial charge in [-0.3, -0.25) is 24.4 Å². The molecule has 1 fully saturated rings. The summed E-state index contributed by atoms with van der Waals surface area (Å²) in [5.74, 6) is -0.192. The predicted octanol–water partition coefficient (Wildman–Crippen LogP) is 0.418. The second kappa shape index (κ2) is 6.20. The Morgan fingerprint density at radius 1 is 1.26 bits per heavy atom. The summed E-state index contributed by atoms with van der Waals surface area (Å²) in [6, 6.07) is 2.68. The average molecular weight is 369 g/mol. The molecule has 0 atom stereocenters. The highest BCUT2D eigenvalue weighted by atomic mass is 16.6. The van der Waals surface area contributed by atoms with Crippen LogP contribution in [0.4, 0.5) is 17.1 Å². The van der Waals surface area contributed by atoms with Crippen LogP contribution in [-0.2, 0) is 11.8 Å². The van der Waals surface area contributed by atoms with Crippen molar-refractivity contribution in [2.75, 3.05) is 29.4 Å². The van der Waals surface area contributed by atoms with Crippen LogP contribution in [0.25, 0.3) is 10.9 Å².